The van der Waals surface area contributed by atoms with Crippen molar-refractivity contribution < 1.29 is 12.6 Å². The molecule has 0 aliphatic carbocycles. The Morgan fingerprint density at radius 3 is 1.70 bits per heavy atom. The molecule has 0 fully saturated rings. The first-order valence-electron chi connectivity index (χ1n) is 2.64. The Hall–Kier alpha value is -0.560. The summed E-state index contributed by atoms with van der Waals surface area (Å²) in [6, 6.07) is 6.53. The molecule has 1 aromatic carbocycles. The molecule has 0 aromatic heterocycles. The Labute approximate surface area is 57.4 Å². The van der Waals surface area contributed by atoms with Crippen molar-refractivity contribution in [1.82, 2.24) is 0 Å². The van der Waals surface area contributed by atoms with Crippen molar-refractivity contribution in [2.24, 2.45) is 0 Å². The summed E-state index contributed by atoms with van der Waals surface area (Å²) in [7, 11) is -5.27. The van der Waals surface area contributed by atoms with Gasteiger partial charge in [0.15, 0.2) is 5.30 Å². The number of halogens is 3. The third-order valence-corrected chi connectivity index (χ3v) is 1.93. The van der Waals surface area contributed by atoms with E-state index in [0.717, 1.165) is 12.1 Å². The van der Waals surface area contributed by atoms with Crippen LogP contribution in [0, 0.1) is 0 Å². The minimum absolute atomic E-state index is 0.491. The lowest BCUT2D eigenvalue weighted by Crippen LogP contribution is -1.97. The Bertz CT molecular complexity index is 204. The molecule has 0 saturated heterocycles. The van der Waals surface area contributed by atoms with Gasteiger partial charge in [0.05, 0.1) is 0 Å². The zero-order valence-corrected chi connectivity index (χ0v) is 5.86. The summed E-state index contributed by atoms with van der Waals surface area (Å²) in [5.41, 5.74) is 0. The van der Waals surface area contributed by atoms with Crippen LogP contribution in [0.5, 0.6) is 0 Å². The molecule has 0 saturated carbocycles. The molecule has 0 amide bonds. The summed E-state index contributed by atoms with van der Waals surface area (Å²) >= 11 is 0. The van der Waals surface area contributed by atoms with Gasteiger partial charge < -0.3 is 0 Å². The molecular formula is C6H5F3P+. The number of hydrogen-bond donors (Lipinski definition) is 0. The largest absolute Gasteiger partial charge is 0.602 e. The fourth-order valence-corrected chi connectivity index (χ4v) is 1.11. The van der Waals surface area contributed by atoms with Gasteiger partial charge in [-0.15, -0.1) is 0 Å². The normalized spacial score (nSPS) is 11.5. The summed E-state index contributed by atoms with van der Waals surface area (Å²) in [6.45, 7) is 0. The Balaban J connectivity index is 2.97. The molecular weight excluding hydrogens is 160 g/mol. The van der Waals surface area contributed by atoms with Crippen LogP contribution in [-0.2, 0) is 0 Å². The summed E-state index contributed by atoms with van der Waals surface area (Å²) in [5.74, 6) is 0. The molecule has 0 atom stereocenters. The van der Waals surface area contributed by atoms with Gasteiger partial charge in [-0.25, -0.2) is 0 Å². The van der Waals surface area contributed by atoms with E-state index in [4.69, 9.17) is 0 Å². The molecule has 0 aliphatic rings. The van der Waals surface area contributed by atoms with E-state index in [1.54, 1.807) is 6.07 Å². The molecule has 0 radical (unpaired) electrons. The van der Waals surface area contributed by atoms with E-state index in [-0.39, 0.29) is 0 Å². The molecule has 54 valence electrons. The Kier molecular flexibility index (Phi) is 1.95. The molecule has 0 N–H and O–H groups in total. The second-order valence-corrected chi connectivity index (χ2v) is 3.19. The monoisotopic (exact) mass is 165 g/mol. The molecule has 4 heteroatoms. The van der Waals surface area contributed by atoms with E-state index < -0.39 is 13.5 Å². The van der Waals surface area contributed by atoms with Crippen LogP contribution in [0.1, 0.15) is 0 Å². The minimum atomic E-state index is -5.27. The van der Waals surface area contributed by atoms with E-state index >= 15 is 0 Å². The van der Waals surface area contributed by atoms with E-state index in [2.05, 4.69) is 0 Å². The average Bonchev–Trinajstić information content (AvgIpc) is 1.88. The summed E-state index contributed by atoms with van der Waals surface area (Å²) in [4.78, 5) is 0. The SMILES string of the molecule is F[P+](F)(F)c1ccccc1. The first kappa shape index (κ1) is 7.55. The predicted octanol–water partition coefficient (Wildman–Crippen LogP) is 2.98. The topological polar surface area (TPSA) is 0 Å². The van der Waals surface area contributed by atoms with Crippen molar-refractivity contribution in [3.8, 4) is 0 Å². The molecule has 0 aliphatic heterocycles. The zero-order valence-electron chi connectivity index (χ0n) is 4.97. The van der Waals surface area contributed by atoms with E-state index in [1.807, 2.05) is 0 Å². The van der Waals surface area contributed by atoms with Crippen LogP contribution in [0.4, 0.5) is 12.6 Å². The smallest absolute Gasteiger partial charge is 0.0620 e. The van der Waals surface area contributed by atoms with Gasteiger partial charge in [0.1, 0.15) is 0 Å². The van der Waals surface area contributed by atoms with Gasteiger partial charge in [-0.3, -0.25) is 0 Å². The molecule has 0 heterocycles. The van der Waals surface area contributed by atoms with Crippen LogP contribution < -0.4 is 5.30 Å². The van der Waals surface area contributed by atoms with E-state index in [1.165, 1.54) is 12.1 Å². The number of rotatable bonds is 1. The van der Waals surface area contributed by atoms with Crippen LogP contribution in [0.3, 0.4) is 0 Å². The molecule has 1 aromatic rings. The first-order valence-corrected chi connectivity index (χ1v) is 4.10. The maximum Gasteiger partial charge on any atom is 0.602 e. The maximum absolute atomic E-state index is 11.9. The predicted molar refractivity (Wildman–Crippen MR) is 36.3 cm³/mol. The lowest BCUT2D eigenvalue weighted by atomic mass is 10.4. The highest BCUT2D eigenvalue weighted by Crippen LogP contribution is 2.62. The highest BCUT2D eigenvalue weighted by Gasteiger charge is 2.46. The standard InChI is InChI=1S/C6H5F3P/c7-10(8,9)6-4-2-1-3-5-6/h1-5H/q+1. The van der Waals surface area contributed by atoms with Crippen LogP contribution in [0.25, 0.3) is 0 Å². The second-order valence-electron chi connectivity index (χ2n) is 1.78. The van der Waals surface area contributed by atoms with E-state index in [9.17, 15) is 12.6 Å². The van der Waals surface area contributed by atoms with Crippen molar-refractivity contribution in [2.45, 2.75) is 0 Å². The highest BCUT2D eigenvalue weighted by atomic mass is 31.3. The Morgan fingerprint density at radius 1 is 0.900 bits per heavy atom. The van der Waals surface area contributed by atoms with Gasteiger partial charge in [0.2, 0.25) is 0 Å². The molecule has 10 heavy (non-hydrogen) atoms. The fraction of sp³-hybridized carbons (Fsp3) is 0. The average molecular weight is 165 g/mol. The number of benzene rings is 1. The molecule has 0 nitrogen and oxygen atoms in total. The van der Waals surface area contributed by atoms with Gasteiger partial charge in [0.25, 0.3) is 0 Å². The minimum Gasteiger partial charge on any atom is -0.0620 e. The van der Waals surface area contributed by atoms with Crippen molar-refractivity contribution >= 4 is 13.5 Å². The lowest BCUT2D eigenvalue weighted by Gasteiger charge is -1.90. The second kappa shape index (κ2) is 2.59. The molecule has 0 bridgehead atoms. The van der Waals surface area contributed by atoms with Gasteiger partial charge >= 0.3 is 8.19 Å². The third-order valence-electron chi connectivity index (χ3n) is 1.05. The Morgan fingerprint density at radius 2 is 1.40 bits per heavy atom. The van der Waals surface area contributed by atoms with Gasteiger partial charge in [-0.05, 0) is 12.1 Å². The highest BCUT2D eigenvalue weighted by molar-refractivity contribution is 7.68. The quantitative estimate of drug-likeness (QED) is 0.561. The van der Waals surface area contributed by atoms with Crippen LogP contribution >= 0.6 is 8.19 Å². The fourth-order valence-electron chi connectivity index (χ4n) is 0.597. The summed E-state index contributed by atoms with van der Waals surface area (Å²) in [5, 5.41) is -0.491. The van der Waals surface area contributed by atoms with Gasteiger partial charge in [0, 0.05) is 12.6 Å². The van der Waals surface area contributed by atoms with Gasteiger partial charge in [-0.2, -0.15) is 0 Å². The summed E-state index contributed by atoms with van der Waals surface area (Å²) in [6.07, 6.45) is 0. The van der Waals surface area contributed by atoms with Crippen molar-refractivity contribution in [3.05, 3.63) is 30.3 Å². The van der Waals surface area contributed by atoms with Crippen LogP contribution in [-0.4, -0.2) is 0 Å². The van der Waals surface area contributed by atoms with Crippen LogP contribution in [0.2, 0.25) is 0 Å². The van der Waals surface area contributed by atoms with Gasteiger partial charge in [-0.1, -0.05) is 18.2 Å². The van der Waals surface area contributed by atoms with Crippen LogP contribution in [0.15, 0.2) is 30.3 Å². The lowest BCUT2D eigenvalue weighted by molar-refractivity contribution is 0.607. The zero-order chi connectivity index (χ0) is 7.61. The maximum atomic E-state index is 11.9. The molecule has 1 rings (SSSR count). The van der Waals surface area contributed by atoms with Crippen molar-refractivity contribution in [1.29, 1.82) is 0 Å². The number of hydrogen-bond acceptors (Lipinski definition) is 0. The van der Waals surface area contributed by atoms with Crippen molar-refractivity contribution in [3.63, 3.8) is 0 Å². The van der Waals surface area contributed by atoms with E-state index in [0.29, 0.717) is 0 Å². The third kappa shape index (κ3) is 1.71. The molecule has 0 spiro atoms. The van der Waals surface area contributed by atoms with Crippen molar-refractivity contribution in [2.75, 3.05) is 0 Å². The molecule has 0 unspecified atom stereocenters. The first-order chi connectivity index (χ1) is 4.61. The summed E-state index contributed by atoms with van der Waals surface area (Å²) < 4.78 is 35.7.